The Kier molecular flexibility index (Phi) is 3.52. The lowest BCUT2D eigenvalue weighted by molar-refractivity contribution is -0.433. The van der Waals surface area contributed by atoms with Gasteiger partial charge < -0.3 is 5.11 Å². The Morgan fingerprint density at radius 3 is 0.882 bits per heavy atom. The molecule has 10 heteroatoms. The number of halogens is 9. The van der Waals surface area contributed by atoms with Crippen molar-refractivity contribution < 1.29 is 44.6 Å². The molecule has 0 fully saturated rings. The molecule has 17 heavy (non-hydrogen) atoms. The molecule has 0 aromatic heterocycles. The van der Waals surface area contributed by atoms with Gasteiger partial charge in [0.2, 0.25) is 0 Å². The fourth-order valence-corrected chi connectivity index (χ4v) is 1.07. The Hall–Kier alpha value is -0.670. The largest absolute Gasteiger partial charge is 0.427 e. The van der Waals surface area contributed by atoms with Crippen molar-refractivity contribution in [3.8, 4) is 0 Å². The van der Waals surface area contributed by atoms with Gasteiger partial charge in [-0.05, 0) is 13.8 Å². The standard InChI is InChI=1S/C7H7F9O/c1-3(2,5(8,9)10)4(17,6(11,12)13)7(14,15)16/h17H,1-2H3. The van der Waals surface area contributed by atoms with Gasteiger partial charge >= 0.3 is 18.5 Å². The summed E-state index contributed by atoms with van der Waals surface area (Å²) in [7, 11) is 0. The molecule has 0 saturated carbocycles. The minimum atomic E-state index is -6.51. The van der Waals surface area contributed by atoms with Gasteiger partial charge in [-0.15, -0.1) is 0 Å². The summed E-state index contributed by atoms with van der Waals surface area (Å²) in [5.41, 5.74) is -10.3. The Labute approximate surface area is 89.2 Å². The zero-order chi connectivity index (χ0) is 14.5. The van der Waals surface area contributed by atoms with Crippen molar-refractivity contribution in [3.63, 3.8) is 0 Å². The predicted molar refractivity (Wildman–Crippen MR) is 36.9 cm³/mol. The number of aliphatic hydroxyl groups is 1. The van der Waals surface area contributed by atoms with Crippen LogP contribution in [-0.4, -0.2) is 29.2 Å². The van der Waals surface area contributed by atoms with E-state index in [1.165, 1.54) is 0 Å². The van der Waals surface area contributed by atoms with E-state index in [-0.39, 0.29) is 13.8 Å². The van der Waals surface area contributed by atoms with E-state index >= 15 is 0 Å². The minimum absolute atomic E-state index is 0.367. The maximum absolute atomic E-state index is 12.2. The fourth-order valence-electron chi connectivity index (χ4n) is 1.07. The van der Waals surface area contributed by atoms with E-state index in [0.29, 0.717) is 0 Å². The maximum atomic E-state index is 12.2. The van der Waals surface area contributed by atoms with Crippen LogP contribution < -0.4 is 0 Å². The van der Waals surface area contributed by atoms with Crippen LogP contribution in [0.3, 0.4) is 0 Å². The zero-order valence-corrected chi connectivity index (χ0v) is 8.35. The molecule has 0 atom stereocenters. The Balaban J connectivity index is 6.04. The van der Waals surface area contributed by atoms with E-state index in [0.717, 1.165) is 0 Å². The first-order valence-electron chi connectivity index (χ1n) is 3.92. The van der Waals surface area contributed by atoms with Gasteiger partial charge in [0.25, 0.3) is 5.60 Å². The minimum Gasteiger partial charge on any atom is -0.373 e. The van der Waals surface area contributed by atoms with Gasteiger partial charge in [-0.25, -0.2) is 0 Å². The molecule has 0 aliphatic rings. The monoisotopic (exact) mass is 278 g/mol. The first kappa shape index (κ1) is 16.3. The van der Waals surface area contributed by atoms with Crippen molar-refractivity contribution in [3.05, 3.63) is 0 Å². The van der Waals surface area contributed by atoms with Crippen molar-refractivity contribution in [1.82, 2.24) is 0 Å². The first-order chi connectivity index (χ1) is 7.00. The molecule has 0 heterocycles. The van der Waals surface area contributed by atoms with Gasteiger partial charge in [0, 0.05) is 0 Å². The molecule has 0 aliphatic carbocycles. The highest BCUT2D eigenvalue weighted by molar-refractivity contribution is 5.07. The van der Waals surface area contributed by atoms with Crippen LogP contribution in [0.5, 0.6) is 0 Å². The molecule has 0 amide bonds. The summed E-state index contributed by atoms with van der Waals surface area (Å²) >= 11 is 0. The highest BCUT2D eigenvalue weighted by Crippen LogP contribution is 2.58. The summed E-state index contributed by atoms with van der Waals surface area (Å²) in [5, 5.41) is 8.58. The van der Waals surface area contributed by atoms with Crippen LogP contribution in [0.2, 0.25) is 0 Å². The lowest BCUT2D eigenvalue weighted by Gasteiger charge is -2.44. The highest BCUT2D eigenvalue weighted by atomic mass is 19.4. The van der Waals surface area contributed by atoms with Gasteiger partial charge in [0.05, 0.1) is 0 Å². The molecule has 0 radical (unpaired) electrons. The van der Waals surface area contributed by atoms with E-state index in [9.17, 15) is 39.5 Å². The predicted octanol–water partition coefficient (Wildman–Crippen LogP) is 3.43. The molecule has 1 N–H and O–H groups in total. The van der Waals surface area contributed by atoms with Crippen LogP contribution in [-0.2, 0) is 0 Å². The van der Waals surface area contributed by atoms with Crippen molar-refractivity contribution in [1.29, 1.82) is 0 Å². The molecular formula is C7H7F9O. The number of hydrogen-bond donors (Lipinski definition) is 1. The molecule has 0 bridgehead atoms. The summed E-state index contributed by atoms with van der Waals surface area (Å²) < 4.78 is 110. The fraction of sp³-hybridized carbons (Fsp3) is 1.00. The number of alkyl halides is 9. The van der Waals surface area contributed by atoms with Crippen LogP contribution >= 0.6 is 0 Å². The van der Waals surface area contributed by atoms with Crippen molar-refractivity contribution >= 4 is 0 Å². The highest BCUT2D eigenvalue weighted by Gasteiger charge is 2.82. The quantitative estimate of drug-likeness (QED) is 0.728. The molecule has 0 aromatic carbocycles. The van der Waals surface area contributed by atoms with Crippen molar-refractivity contribution in [2.75, 3.05) is 0 Å². The molecule has 0 saturated heterocycles. The Morgan fingerprint density at radius 2 is 0.824 bits per heavy atom. The smallest absolute Gasteiger partial charge is 0.373 e. The summed E-state index contributed by atoms with van der Waals surface area (Å²) in [5.74, 6) is 0. The average Bonchev–Trinajstić information content (AvgIpc) is 1.95. The van der Waals surface area contributed by atoms with Crippen molar-refractivity contribution in [2.24, 2.45) is 5.41 Å². The molecule has 104 valence electrons. The van der Waals surface area contributed by atoms with Gasteiger partial charge in [0.1, 0.15) is 5.41 Å². The Morgan fingerprint density at radius 1 is 0.588 bits per heavy atom. The third kappa shape index (κ3) is 2.18. The second kappa shape index (κ2) is 3.66. The lowest BCUT2D eigenvalue weighted by atomic mass is 9.73. The van der Waals surface area contributed by atoms with Crippen molar-refractivity contribution in [2.45, 2.75) is 38.0 Å². The summed E-state index contributed by atoms with van der Waals surface area (Å²) in [4.78, 5) is 0. The molecule has 0 aromatic rings. The SMILES string of the molecule is CC(C)(C(F)(F)F)C(O)(C(F)(F)F)C(F)(F)F. The topological polar surface area (TPSA) is 20.2 Å². The Bertz CT molecular complexity index is 267. The molecule has 0 aliphatic heterocycles. The van der Waals surface area contributed by atoms with Crippen LogP contribution in [0.1, 0.15) is 13.8 Å². The number of rotatable bonds is 1. The van der Waals surface area contributed by atoms with E-state index in [1.807, 2.05) is 0 Å². The van der Waals surface area contributed by atoms with Crippen LogP contribution in [0, 0.1) is 5.41 Å². The van der Waals surface area contributed by atoms with E-state index in [1.54, 1.807) is 0 Å². The molecular weight excluding hydrogens is 271 g/mol. The van der Waals surface area contributed by atoms with Crippen LogP contribution in [0.15, 0.2) is 0 Å². The zero-order valence-electron chi connectivity index (χ0n) is 8.35. The maximum Gasteiger partial charge on any atom is 0.427 e. The second-order valence-corrected chi connectivity index (χ2v) is 3.83. The van der Waals surface area contributed by atoms with E-state index in [4.69, 9.17) is 5.11 Å². The third-order valence-electron chi connectivity index (χ3n) is 2.43. The number of hydrogen-bond acceptors (Lipinski definition) is 1. The molecule has 0 spiro atoms. The molecule has 0 unspecified atom stereocenters. The van der Waals surface area contributed by atoms with Gasteiger partial charge in [-0.1, -0.05) is 0 Å². The first-order valence-corrected chi connectivity index (χ1v) is 3.92. The van der Waals surface area contributed by atoms with Crippen LogP contribution in [0.4, 0.5) is 39.5 Å². The summed E-state index contributed by atoms with van der Waals surface area (Å²) in [6, 6.07) is 0. The van der Waals surface area contributed by atoms with E-state index < -0.39 is 29.5 Å². The lowest BCUT2D eigenvalue weighted by Crippen LogP contribution is -2.69. The third-order valence-corrected chi connectivity index (χ3v) is 2.43. The van der Waals surface area contributed by atoms with Gasteiger partial charge in [-0.2, -0.15) is 39.5 Å². The molecule has 1 nitrogen and oxygen atoms in total. The normalized spacial score (nSPS) is 16.2. The van der Waals surface area contributed by atoms with Gasteiger partial charge in [0.15, 0.2) is 0 Å². The summed E-state index contributed by atoms with van der Waals surface area (Å²) in [6.45, 7) is -0.734. The second-order valence-electron chi connectivity index (χ2n) is 3.83. The summed E-state index contributed by atoms with van der Waals surface area (Å²) in [6.07, 6.45) is -18.9. The average molecular weight is 278 g/mol. The van der Waals surface area contributed by atoms with E-state index in [2.05, 4.69) is 0 Å². The molecule has 0 rings (SSSR count). The van der Waals surface area contributed by atoms with Gasteiger partial charge in [-0.3, -0.25) is 0 Å². The van der Waals surface area contributed by atoms with Crippen LogP contribution in [0.25, 0.3) is 0 Å².